The van der Waals surface area contributed by atoms with Crippen molar-refractivity contribution in [2.24, 2.45) is 0 Å². The number of nitrogens with zero attached hydrogens (tertiary/aromatic N) is 1. The van der Waals surface area contributed by atoms with Crippen LogP contribution in [0.4, 0.5) is 0 Å². The van der Waals surface area contributed by atoms with Gasteiger partial charge in [-0.1, -0.05) is 43.2 Å². The Hall–Kier alpha value is -2.53. The summed E-state index contributed by atoms with van der Waals surface area (Å²) in [6.45, 7) is 4.16. The van der Waals surface area contributed by atoms with E-state index in [4.69, 9.17) is 9.47 Å². The molecule has 4 rings (SSSR count). The van der Waals surface area contributed by atoms with E-state index in [2.05, 4.69) is 10.2 Å². The molecule has 5 heteroatoms. The van der Waals surface area contributed by atoms with Gasteiger partial charge in [-0.05, 0) is 56.4 Å². The molecule has 1 aliphatic heterocycles. The number of amides is 1. The van der Waals surface area contributed by atoms with Crippen molar-refractivity contribution in [1.29, 1.82) is 0 Å². The van der Waals surface area contributed by atoms with Crippen LogP contribution in [-0.4, -0.2) is 43.2 Å². The van der Waals surface area contributed by atoms with Gasteiger partial charge in [0.05, 0.1) is 18.7 Å². The largest absolute Gasteiger partial charge is 0.497 e. The Labute approximate surface area is 185 Å². The van der Waals surface area contributed by atoms with Crippen LogP contribution in [0.25, 0.3) is 0 Å². The van der Waals surface area contributed by atoms with Crippen LogP contribution in [0.15, 0.2) is 48.5 Å². The van der Waals surface area contributed by atoms with Crippen LogP contribution in [0.2, 0.25) is 0 Å². The minimum Gasteiger partial charge on any atom is -0.497 e. The van der Waals surface area contributed by atoms with Crippen molar-refractivity contribution in [2.45, 2.75) is 63.6 Å². The molecule has 1 aliphatic carbocycles. The molecule has 1 saturated carbocycles. The molecule has 5 nitrogen and oxygen atoms in total. The van der Waals surface area contributed by atoms with E-state index in [1.54, 1.807) is 13.2 Å². The van der Waals surface area contributed by atoms with Gasteiger partial charge < -0.3 is 19.7 Å². The Kier molecular flexibility index (Phi) is 7.13. The van der Waals surface area contributed by atoms with Gasteiger partial charge in [-0.25, -0.2) is 0 Å². The van der Waals surface area contributed by atoms with Crippen molar-refractivity contribution >= 4 is 5.91 Å². The highest BCUT2D eigenvalue weighted by atomic mass is 16.5. The molecule has 1 heterocycles. The second-order valence-electron chi connectivity index (χ2n) is 8.76. The highest BCUT2D eigenvalue weighted by Crippen LogP contribution is 2.30. The molecular weight excluding hydrogens is 388 g/mol. The number of likely N-dealkylation sites (tertiary alicyclic amines) is 1. The molecule has 31 heavy (non-hydrogen) atoms. The van der Waals surface area contributed by atoms with E-state index >= 15 is 0 Å². The lowest BCUT2D eigenvalue weighted by molar-refractivity contribution is 0.0748. The molecule has 0 spiro atoms. The van der Waals surface area contributed by atoms with E-state index in [1.807, 2.05) is 49.4 Å². The van der Waals surface area contributed by atoms with E-state index < -0.39 is 0 Å². The Morgan fingerprint density at radius 3 is 2.42 bits per heavy atom. The number of benzene rings is 2. The minimum atomic E-state index is -0.145. The topological polar surface area (TPSA) is 50.8 Å². The minimum absolute atomic E-state index is 0.0950. The summed E-state index contributed by atoms with van der Waals surface area (Å²) in [5.41, 5.74) is 1.60. The number of hydrogen-bond acceptors (Lipinski definition) is 4. The van der Waals surface area contributed by atoms with E-state index in [0.717, 1.165) is 37.5 Å². The number of nitrogens with one attached hydrogen (secondary N) is 1. The third-order valence-corrected chi connectivity index (χ3v) is 6.69. The fourth-order valence-corrected chi connectivity index (χ4v) is 4.82. The summed E-state index contributed by atoms with van der Waals surface area (Å²) in [7, 11) is 1.61. The number of piperidine rings is 1. The van der Waals surface area contributed by atoms with Gasteiger partial charge in [0.25, 0.3) is 5.91 Å². The maximum atomic E-state index is 13.1. The molecule has 0 radical (unpaired) electrons. The number of ether oxygens (including phenoxy) is 2. The molecule has 166 valence electrons. The van der Waals surface area contributed by atoms with Crippen molar-refractivity contribution < 1.29 is 14.3 Å². The lowest BCUT2D eigenvalue weighted by Crippen LogP contribution is -2.43. The van der Waals surface area contributed by atoms with Gasteiger partial charge >= 0.3 is 0 Å². The van der Waals surface area contributed by atoms with E-state index in [1.165, 1.54) is 25.7 Å². The van der Waals surface area contributed by atoms with Crippen LogP contribution in [0.3, 0.4) is 0 Å². The normalized spacial score (nSPS) is 19.2. The van der Waals surface area contributed by atoms with Crippen LogP contribution in [-0.2, 0) is 0 Å². The van der Waals surface area contributed by atoms with Crippen LogP contribution in [0.1, 0.15) is 67.4 Å². The molecule has 2 aliphatic rings. The predicted molar refractivity (Wildman–Crippen MR) is 123 cm³/mol. The molecule has 0 aromatic heterocycles. The van der Waals surface area contributed by atoms with E-state index in [-0.39, 0.29) is 18.1 Å². The number of hydrogen-bond donors (Lipinski definition) is 1. The summed E-state index contributed by atoms with van der Waals surface area (Å²) >= 11 is 0. The zero-order valence-electron chi connectivity index (χ0n) is 18.7. The first-order chi connectivity index (χ1) is 15.1. The maximum absolute atomic E-state index is 13.1. The first-order valence-corrected chi connectivity index (χ1v) is 11.6. The number of rotatable bonds is 7. The first-order valence-electron chi connectivity index (χ1n) is 11.6. The zero-order valence-corrected chi connectivity index (χ0v) is 18.7. The Morgan fingerprint density at radius 2 is 1.74 bits per heavy atom. The summed E-state index contributed by atoms with van der Waals surface area (Å²) in [4.78, 5) is 15.8. The Balaban J connectivity index is 1.42. The van der Waals surface area contributed by atoms with Gasteiger partial charge in [-0.3, -0.25) is 4.79 Å². The van der Waals surface area contributed by atoms with Crippen LogP contribution in [0, 0.1) is 0 Å². The smallest absolute Gasteiger partial charge is 0.255 e. The third kappa shape index (κ3) is 5.40. The van der Waals surface area contributed by atoms with Crippen molar-refractivity contribution in [3.05, 3.63) is 59.7 Å². The highest BCUT2D eigenvalue weighted by molar-refractivity contribution is 5.97. The van der Waals surface area contributed by atoms with Gasteiger partial charge in [0.2, 0.25) is 0 Å². The van der Waals surface area contributed by atoms with Gasteiger partial charge in [0.15, 0.2) is 0 Å². The molecule has 1 saturated heterocycles. The molecule has 0 unspecified atom stereocenters. The predicted octanol–water partition coefficient (Wildman–Crippen LogP) is 4.97. The second-order valence-corrected chi connectivity index (χ2v) is 8.76. The fraction of sp³-hybridized carbons (Fsp3) is 0.500. The van der Waals surface area contributed by atoms with Crippen LogP contribution >= 0.6 is 0 Å². The standard InChI is InChI=1S/C26H34N2O3/c1-19(20-8-4-3-5-9-20)27-26(29)24-18-23(30-2)12-13-25(24)31-22-14-16-28(17-15-22)21-10-6-7-11-21/h3-5,8-9,12-13,18-19,21-22H,6-7,10-11,14-17H2,1-2H3,(H,27,29)/t19-/m0/s1. The van der Waals surface area contributed by atoms with Gasteiger partial charge in [0, 0.05) is 19.1 Å². The summed E-state index contributed by atoms with van der Waals surface area (Å²) < 4.78 is 11.7. The van der Waals surface area contributed by atoms with Gasteiger partial charge in [-0.15, -0.1) is 0 Å². The molecule has 1 N–H and O–H groups in total. The first kappa shape index (κ1) is 21.7. The SMILES string of the molecule is COc1ccc(OC2CCN(C3CCCC3)CC2)c(C(=O)N[C@@H](C)c2ccccc2)c1. The van der Waals surface area contributed by atoms with Crippen molar-refractivity contribution in [3.8, 4) is 11.5 Å². The molecular formula is C26H34N2O3. The number of methoxy groups -OCH3 is 1. The van der Waals surface area contributed by atoms with Crippen molar-refractivity contribution in [2.75, 3.05) is 20.2 Å². The van der Waals surface area contributed by atoms with E-state index in [9.17, 15) is 4.79 Å². The number of carbonyl (C=O) groups excluding carboxylic acids is 1. The maximum Gasteiger partial charge on any atom is 0.255 e. The monoisotopic (exact) mass is 422 g/mol. The van der Waals surface area contributed by atoms with Gasteiger partial charge in [0.1, 0.15) is 17.6 Å². The molecule has 1 amide bonds. The van der Waals surface area contributed by atoms with Crippen molar-refractivity contribution in [3.63, 3.8) is 0 Å². The molecule has 2 fully saturated rings. The summed E-state index contributed by atoms with van der Waals surface area (Å²) in [5.74, 6) is 1.15. The molecule has 2 aromatic rings. The fourth-order valence-electron chi connectivity index (χ4n) is 4.82. The van der Waals surface area contributed by atoms with Crippen molar-refractivity contribution in [1.82, 2.24) is 10.2 Å². The Morgan fingerprint density at radius 1 is 1.03 bits per heavy atom. The van der Waals surface area contributed by atoms with Gasteiger partial charge in [-0.2, -0.15) is 0 Å². The lowest BCUT2D eigenvalue weighted by Gasteiger charge is -2.36. The average Bonchev–Trinajstić information content (AvgIpc) is 3.35. The average molecular weight is 423 g/mol. The molecule has 2 aromatic carbocycles. The quantitative estimate of drug-likeness (QED) is 0.684. The van der Waals surface area contributed by atoms with Crippen LogP contribution in [0.5, 0.6) is 11.5 Å². The van der Waals surface area contributed by atoms with Crippen LogP contribution < -0.4 is 14.8 Å². The zero-order chi connectivity index (χ0) is 21.6. The summed E-state index contributed by atoms with van der Waals surface area (Å²) in [6, 6.07) is 16.2. The summed E-state index contributed by atoms with van der Waals surface area (Å²) in [6.07, 6.45) is 7.57. The lowest BCUT2D eigenvalue weighted by atomic mass is 10.0. The third-order valence-electron chi connectivity index (χ3n) is 6.69. The second kappa shape index (κ2) is 10.2. The highest BCUT2D eigenvalue weighted by Gasteiger charge is 2.28. The molecule has 0 bridgehead atoms. The molecule has 1 atom stereocenters. The summed E-state index contributed by atoms with van der Waals surface area (Å²) in [5, 5.41) is 3.10. The Bertz CT molecular complexity index is 856. The number of carbonyl (C=O) groups is 1. The van der Waals surface area contributed by atoms with E-state index in [0.29, 0.717) is 17.1 Å².